The standard InChI is InChI=1S/C21H16N4/c1-3-12-7-14-9-16-11-17(18(14)24-20(12)22-5-1)10-15-8-13-4-2-6-23-21(13)25-19(15)16/h1-8,16-17H,9-11H2/t16-,17-/m0/s1. The second kappa shape index (κ2) is 4.82. The maximum atomic E-state index is 4.93. The second-order valence-electron chi connectivity index (χ2n) is 7.20. The van der Waals surface area contributed by atoms with Crippen LogP contribution in [0.1, 0.15) is 40.8 Å². The smallest absolute Gasteiger partial charge is 0.159 e. The lowest BCUT2D eigenvalue weighted by atomic mass is 9.70. The van der Waals surface area contributed by atoms with E-state index in [1.165, 1.54) is 22.5 Å². The molecule has 2 aliphatic rings. The molecule has 2 bridgehead atoms. The van der Waals surface area contributed by atoms with Gasteiger partial charge in [-0.05, 0) is 66.8 Å². The molecule has 0 N–H and O–H groups in total. The van der Waals surface area contributed by atoms with Gasteiger partial charge in [-0.25, -0.2) is 19.9 Å². The average molecular weight is 324 g/mol. The van der Waals surface area contributed by atoms with E-state index in [0.29, 0.717) is 11.8 Å². The summed E-state index contributed by atoms with van der Waals surface area (Å²) in [5.41, 5.74) is 6.97. The molecule has 2 atom stereocenters. The number of fused-ring (bicyclic) bond motifs is 8. The van der Waals surface area contributed by atoms with Gasteiger partial charge in [-0.1, -0.05) is 0 Å². The molecule has 6 rings (SSSR count). The molecule has 0 unspecified atom stereocenters. The minimum atomic E-state index is 0.476. The Morgan fingerprint density at radius 3 is 1.76 bits per heavy atom. The zero-order valence-electron chi connectivity index (χ0n) is 13.7. The molecule has 0 fully saturated rings. The van der Waals surface area contributed by atoms with Crippen LogP contribution in [-0.2, 0) is 12.8 Å². The molecule has 2 aliphatic carbocycles. The van der Waals surface area contributed by atoms with Gasteiger partial charge in [-0.3, -0.25) is 0 Å². The molecule has 4 aromatic heterocycles. The van der Waals surface area contributed by atoms with Crippen molar-refractivity contribution in [2.45, 2.75) is 31.1 Å². The maximum absolute atomic E-state index is 4.93. The molecular weight excluding hydrogens is 308 g/mol. The van der Waals surface area contributed by atoms with Crippen molar-refractivity contribution in [1.29, 1.82) is 0 Å². The van der Waals surface area contributed by atoms with E-state index in [2.05, 4.69) is 34.2 Å². The van der Waals surface area contributed by atoms with Crippen molar-refractivity contribution < 1.29 is 0 Å². The van der Waals surface area contributed by atoms with E-state index in [4.69, 9.17) is 9.97 Å². The monoisotopic (exact) mass is 324 g/mol. The van der Waals surface area contributed by atoms with E-state index in [-0.39, 0.29) is 0 Å². The summed E-state index contributed by atoms with van der Waals surface area (Å²) in [7, 11) is 0. The highest BCUT2D eigenvalue weighted by Gasteiger charge is 2.36. The van der Waals surface area contributed by atoms with E-state index in [9.17, 15) is 0 Å². The third kappa shape index (κ3) is 1.94. The molecular formula is C21H16N4. The van der Waals surface area contributed by atoms with Crippen LogP contribution in [0, 0.1) is 0 Å². The minimum absolute atomic E-state index is 0.476. The van der Waals surface area contributed by atoms with E-state index in [0.717, 1.165) is 41.3 Å². The molecule has 4 heteroatoms. The van der Waals surface area contributed by atoms with Crippen LogP contribution in [-0.4, -0.2) is 19.9 Å². The lowest BCUT2D eigenvalue weighted by Gasteiger charge is -2.36. The molecule has 0 aromatic carbocycles. The highest BCUT2D eigenvalue weighted by Crippen LogP contribution is 2.46. The number of pyridine rings is 4. The molecule has 0 saturated heterocycles. The van der Waals surface area contributed by atoms with Crippen LogP contribution in [0.3, 0.4) is 0 Å². The number of hydrogen-bond donors (Lipinski definition) is 0. The maximum Gasteiger partial charge on any atom is 0.159 e. The molecule has 0 amide bonds. The number of rotatable bonds is 0. The van der Waals surface area contributed by atoms with Gasteiger partial charge in [0.25, 0.3) is 0 Å². The normalized spacial score (nSPS) is 21.1. The fourth-order valence-electron chi connectivity index (χ4n) is 4.62. The third-order valence-corrected chi connectivity index (χ3v) is 5.68. The average Bonchev–Trinajstić information content (AvgIpc) is 2.65. The van der Waals surface area contributed by atoms with Crippen LogP contribution in [0.2, 0.25) is 0 Å². The Hall–Kier alpha value is -2.88. The SMILES string of the molecule is c1cnc2nc3c(cc2c1)C[C@H]1C[C@@H]3Cc2cc3cccnc3nc21. The minimum Gasteiger partial charge on any atom is -0.237 e. The van der Waals surface area contributed by atoms with Crippen LogP contribution in [0.4, 0.5) is 0 Å². The molecule has 120 valence electrons. The van der Waals surface area contributed by atoms with Crippen LogP contribution in [0.25, 0.3) is 22.1 Å². The summed E-state index contributed by atoms with van der Waals surface area (Å²) in [6.07, 6.45) is 6.82. The van der Waals surface area contributed by atoms with E-state index in [1.54, 1.807) is 0 Å². The molecule has 4 heterocycles. The van der Waals surface area contributed by atoms with Gasteiger partial charge in [0.2, 0.25) is 0 Å². The highest BCUT2D eigenvalue weighted by atomic mass is 14.9. The third-order valence-electron chi connectivity index (χ3n) is 5.68. The van der Waals surface area contributed by atoms with Gasteiger partial charge < -0.3 is 0 Å². The second-order valence-corrected chi connectivity index (χ2v) is 7.20. The van der Waals surface area contributed by atoms with Crippen LogP contribution < -0.4 is 0 Å². The molecule has 0 saturated carbocycles. The molecule has 0 aliphatic heterocycles. The summed E-state index contributed by atoms with van der Waals surface area (Å²) in [6, 6.07) is 12.7. The Morgan fingerprint density at radius 1 is 0.720 bits per heavy atom. The fraction of sp³-hybridized carbons (Fsp3) is 0.238. The van der Waals surface area contributed by atoms with Gasteiger partial charge >= 0.3 is 0 Å². The first-order valence-electron chi connectivity index (χ1n) is 8.84. The van der Waals surface area contributed by atoms with Crippen molar-refractivity contribution in [2.24, 2.45) is 0 Å². The lowest BCUT2D eigenvalue weighted by Crippen LogP contribution is -2.27. The summed E-state index contributed by atoms with van der Waals surface area (Å²) in [5, 5.41) is 2.27. The first kappa shape index (κ1) is 13.4. The summed E-state index contributed by atoms with van der Waals surface area (Å²) in [5.74, 6) is 0.951. The summed E-state index contributed by atoms with van der Waals surface area (Å²) in [4.78, 5) is 18.8. The molecule has 4 aromatic rings. The largest absolute Gasteiger partial charge is 0.237 e. The summed E-state index contributed by atoms with van der Waals surface area (Å²) in [6.45, 7) is 0. The quantitative estimate of drug-likeness (QED) is 0.491. The van der Waals surface area contributed by atoms with Crippen molar-refractivity contribution in [3.8, 4) is 0 Å². The Balaban J connectivity index is 1.54. The first-order chi connectivity index (χ1) is 12.3. The Morgan fingerprint density at radius 2 is 1.24 bits per heavy atom. The Labute approximate surface area is 145 Å². The first-order valence-corrected chi connectivity index (χ1v) is 8.84. The number of nitrogens with zero attached hydrogens (tertiary/aromatic N) is 4. The molecule has 25 heavy (non-hydrogen) atoms. The molecule has 0 spiro atoms. The Bertz CT molecular complexity index is 1060. The zero-order valence-corrected chi connectivity index (χ0v) is 13.7. The fourth-order valence-corrected chi connectivity index (χ4v) is 4.62. The van der Waals surface area contributed by atoms with Gasteiger partial charge in [0.05, 0.1) is 0 Å². The van der Waals surface area contributed by atoms with Gasteiger partial charge in [0, 0.05) is 46.4 Å². The van der Waals surface area contributed by atoms with Gasteiger partial charge in [-0.15, -0.1) is 0 Å². The highest BCUT2D eigenvalue weighted by molar-refractivity contribution is 5.77. The Kier molecular flexibility index (Phi) is 2.59. The predicted molar refractivity (Wildman–Crippen MR) is 96.6 cm³/mol. The number of aromatic nitrogens is 4. The summed E-state index contributed by atoms with van der Waals surface area (Å²) < 4.78 is 0. The topological polar surface area (TPSA) is 51.6 Å². The van der Waals surface area contributed by atoms with Crippen molar-refractivity contribution in [2.75, 3.05) is 0 Å². The predicted octanol–water partition coefficient (Wildman–Crippen LogP) is 3.94. The van der Waals surface area contributed by atoms with Gasteiger partial charge in [0.1, 0.15) is 0 Å². The van der Waals surface area contributed by atoms with E-state index < -0.39 is 0 Å². The van der Waals surface area contributed by atoms with Crippen molar-refractivity contribution in [3.63, 3.8) is 0 Å². The molecule has 4 nitrogen and oxygen atoms in total. The summed E-state index contributed by atoms with van der Waals surface area (Å²) >= 11 is 0. The van der Waals surface area contributed by atoms with Gasteiger partial charge in [-0.2, -0.15) is 0 Å². The van der Waals surface area contributed by atoms with E-state index in [1.807, 2.05) is 24.5 Å². The lowest BCUT2D eigenvalue weighted by molar-refractivity contribution is 0.440. The van der Waals surface area contributed by atoms with Crippen molar-refractivity contribution >= 4 is 22.1 Å². The zero-order chi connectivity index (χ0) is 16.4. The van der Waals surface area contributed by atoms with Gasteiger partial charge in [0.15, 0.2) is 11.3 Å². The number of hydrogen-bond acceptors (Lipinski definition) is 4. The van der Waals surface area contributed by atoms with E-state index >= 15 is 0 Å². The van der Waals surface area contributed by atoms with Crippen LogP contribution in [0.15, 0.2) is 48.8 Å². The van der Waals surface area contributed by atoms with Crippen LogP contribution in [0.5, 0.6) is 0 Å². The van der Waals surface area contributed by atoms with Crippen molar-refractivity contribution in [3.05, 3.63) is 71.3 Å². The van der Waals surface area contributed by atoms with Crippen molar-refractivity contribution in [1.82, 2.24) is 19.9 Å². The van der Waals surface area contributed by atoms with Crippen LogP contribution >= 0.6 is 0 Å². The molecule has 0 radical (unpaired) electrons.